The lowest BCUT2D eigenvalue weighted by atomic mass is 9.99. The molecule has 24 nitrogen and oxygen atoms in total. The molecule has 9 rings (SSSR count). The maximum atomic E-state index is 13.5. The van der Waals surface area contributed by atoms with Gasteiger partial charge in [0.1, 0.15) is 113 Å². The summed E-state index contributed by atoms with van der Waals surface area (Å²) in [6.45, 7) is 14.4. The van der Waals surface area contributed by atoms with Crippen molar-refractivity contribution >= 4 is 53.5 Å². The number of benzene rings is 5. The molecule has 0 saturated carbocycles. The van der Waals surface area contributed by atoms with Crippen molar-refractivity contribution in [1.82, 2.24) is 0 Å². The van der Waals surface area contributed by atoms with E-state index >= 15 is 0 Å². The summed E-state index contributed by atoms with van der Waals surface area (Å²) in [4.78, 5) is 76.0. The summed E-state index contributed by atoms with van der Waals surface area (Å²) in [6, 6.07) is 23.5. The molecule has 5 aromatic carbocycles. The zero-order valence-electron chi connectivity index (χ0n) is 58.8. The van der Waals surface area contributed by atoms with Crippen molar-refractivity contribution in [2.45, 2.75) is 149 Å². The second kappa shape index (κ2) is 37.1. The van der Waals surface area contributed by atoms with Crippen molar-refractivity contribution in [1.29, 1.82) is 0 Å². The molecule has 546 valence electrons. The molecule has 24 heteroatoms. The highest BCUT2D eigenvalue weighted by molar-refractivity contribution is 5.99. The first-order chi connectivity index (χ1) is 48.5. The van der Waals surface area contributed by atoms with Crippen LogP contribution in [0.5, 0.6) is 46.0 Å². The molecule has 7 N–H and O–H groups in total. The maximum absolute atomic E-state index is 13.5. The molecule has 4 aliphatic rings. The van der Waals surface area contributed by atoms with Gasteiger partial charge in [0, 0.05) is 43.1 Å². The van der Waals surface area contributed by atoms with Gasteiger partial charge in [-0.05, 0) is 142 Å². The second-order valence-corrected chi connectivity index (χ2v) is 25.3. The molecule has 6 unspecified atom stereocenters. The molecule has 102 heavy (non-hydrogen) atoms. The molecule has 4 heterocycles. The first-order valence-electron chi connectivity index (χ1n) is 33.1. The zero-order chi connectivity index (χ0) is 74.5. The Hall–Kier alpha value is -9.92. The Bertz CT molecular complexity index is 3920. The van der Waals surface area contributed by atoms with Crippen LogP contribution in [0, 0.1) is 17.8 Å². The lowest BCUT2D eigenvalue weighted by molar-refractivity contribution is -0.152. The number of methoxy groups -OCH3 is 3. The van der Waals surface area contributed by atoms with Crippen LogP contribution >= 0.6 is 0 Å². The molecule has 0 aromatic heterocycles. The monoisotopic (exact) mass is 1410 g/mol. The molecular formula is C78H90O24. The number of ketones is 3. The molecular weight excluding hydrogens is 1320 g/mol. The minimum Gasteiger partial charge on any atom is -0.508 e. The van der Waals surface area contributed by atoms with Crippen molar-refractivity contribution in [3.8, 4) is 46.0 Å². The van der Waals surface area contributed by atoms with Gasteiger partial charge in [-0.2, -0.15) is 0 Å². The average molecular weight is 1410 g/mol. The third kappa shape index (κ3) is 22.3. The number of aliphatic hydroxyl groups is 4. The molecule has 4 aliphatic heterocycles. The number of carbonyl (C=O) groups is 6. The number of hydrogen-bond donors (Lipinski definition) is 7. The van der Waals surface area contributed by atoms with E-state index in [1.165, 1.54) is 67.9 Å². The molecule has 1 saturated heterocycles. The summed E-state index contributed by atoms with van der Waals surface area (Å²) in [5, 5.41) is 70.5. The number of phenols is 3. The van der Waals surface area contributed by atoms with Gasteiger partial charge in [0.05, 0.1) is 32.5 Å². The van der Waals surface area contributed by atoms with E-state index in [1.54, 1.807) is 105 Å². The number of phenolic OH excluding ortho intramolecular Hbond substituents is 3. The normalized spacial score (nSPS) is 26.6. The highest BCUT2D eigenvalue weighted by atomic mass is 16.8. The lowest BCUT2D eigenvalue weighted by Gasteiger charge is -2.21. The van der Waals surface area contributed by atoms with Gasteiger partial charge in [-0.15, -0.1) is 0 Å². The average Bonchev–Trinajstić information content (AvgIpc) is 1.37. The van der Waals surface area contributed by atoms with E-state index in [0.717, 1.165) is 34.8 Å². The number of cyclic esters (lactones) is 3. The van der Waals surface area contributed by atoms with Crippen LogP contribution < -0.4 is 23.7 Å². The second-order valence-electron chi connectivity index (χ2n) is 25.3. The SMILES string of the molecule is COCOc1cc(OCc2ccc(OC)cc2)cc2c1C(=O)O[C@@H](C)[C@H](C)/C=C\C(=O)C1OC(C)(C)OC1C/C=C/2.COc1ccc(COc2cc(O)c3c(c2)/C=C/CC(O)C(O)C(=O)/C=C\[C@@H](C)[C@H](C)OC3=O)cc1.C[C@@H]1/C=C\C(=O)C(O)C(O)C/C=C/c2cc(O)cc(O)c2C(=O)O[C@H]1C. The van der Waals surface area contributed by atoms with Gasteiger partial charge < -0.3 is 87.9 Å². The molecule has 0 spiro atoms. The summed E-state index contributed by atoms with van der Waals surface area (Å²) in [7, 11) is 4.70. The Morgan fingerprint density at radius 2 is 0.853 bits per heavy atom. The van der Waals surface area contributed by atoms with Crippen molar-refractivity contribution in [2.24, 2.45) is 17.8 Å². The Kier molecular flexibility index (Phi) is 28.9. The fraction of sp³-hybridized carbons (Fsp3) is 0.385. The fourth-order valence-electron chi connectivity index (χ4n) is 10.5. The zero-order valence-corrected chi connectivity index (χ0v) is 58.8. The van der Waals surface area contributed by atoms with Crippen molar-refractivity contribution in [3.63, 3.8) is 0 Å². The standard InChI is InChI=1S/C32H38O9.C27H30O8.C19H22O7/c1-20-10-15-26(33)30-27(40-32(3,4)41-30)9-7-8-23-16-25(37-18-22-11-13-24(36-6)14-12-22)17-28(38-19-35-5)29(23)31(34)39-21(20)2;1-16-7-12-23(29)26(31)22(28)6-4-5-19-13-21(14-24(30)25(19)27(32)35-17(16)2)34-15-18-8-10-20(33-3)11-9-18;1-10-6-7-15(22)18(24)14(21)5-3-4-12-8-13(20)9-16(23)17(12)19(25)26-11(10)2/h7-8,10-17,20-21,27,30H,9,18-19H2,1-6H3;4-5,7-14,16-17,22,26,28,30-31H,6,15H2,1-3H3;3-4,6-11,14,18,20-21,23-24H,5H2,1-2H3/b8-7+,15-10-;5-4+,12-7-;4-3+,7-6-/t20-,21+,27?,30?;16-,17+,22?,26?;10-,11+,14?,18?/m111/s1. The van der Waals surface area contributed by atoms with Crippen LogP contribution in [0.2, 0.25) is 0 Å². The third-order valence-corrected chi connectivity index (χ3v) is 17.0. The number of rotatable bonds is 11. The van der Waals surface area contributed by atoms with Gasteiger partial charge in [0.2, 0.25) is 0 Å². The Labute approximate surface area is 592 Å². The van der Waals surface area contributed by atoms with Gasteiger partial charge >= 0.3 is 17.9 Å². The molecule has 5 aromatic rings. The largest absolute Gasteiger partial charge is 0.508 e. The number of hydrogen-bond acceptors (Lipinski definition) is 24. The summed E-state index contributed by atoms with van der Waals surface area (Å²) in [5.74, 6) is -3.88. The van der Waals surface area contributed by atoms with Crippen molar-refractivity contribution < 1.29 is 117 Å². The van der Waals surface area contributed by atoms with E-state index < -0.39 is 95.9 Å². The summed E-state index contributed by atoms with van der Waals surface area (Å²) in [5.41, 5.74) is 2.90. The molecule has 0 radical (unpaired) electrons. The van der Waals surface area contributed by atoms with Crippen LogP contribution in [0.25, 0.3) is 18.2 Å². The predicted octanol–water partition coefficient (Wildman–Crippen LogP) is 10.5. The van der Waals surface area contributed by atoms with Gasteiger partial charge in [0.15, 0.2) is 29.9 Å². The van der Waals surface area contributed by atoms with E-state index in [9.17, 15) is 64.5 Å². The summed E-state index contributed by atoms with van der Waals surface area (Å²) in [6.07, 6.45) is 9.37. The van der Waals surface area contributed by atoms with Crippen LogP contribution in [-0.2, 0) is 56.0 Å². The highest BCUT2D eigenvalue weighted by Gasteiger charge is 2.44. The van der Waals surface area contributed by atoms with Gasteiger partial charge in [-0.3, -0.25) is 14.4 Å². The molecule has 0 bridgehead atoms. The first-order valence-corrected chi connectivity index (χ1v) is 33.1. The van der Waals surface area contributed by atoms with Gasteiger partial charge in [0.25, 0.3) is 0 Å². The quantitative estimate of drug-likeness (QED) is 0.0367. The molecule has 0 aliphatic carbocycles. The van der Waals surface area contributed by atoms with E-state index in [2.05, 4.69) is 0 Å². The van der Waals surface area contributed by atoms with Gasteiger partial charge in [-0.25, -0.2) is 14.4 Å². The number of esters is 3. The van der Waals surface area contributed by atoms with E-state index in [0.29, 0.717) is 29.0 Å². The van der Waals surface area contributed by atoms with E-state index in [4.69, 9.17) is 52.1 Å². The van der Waals surface area contributed by atoms with Crippen LogP contribution in [0.15, 0.2) is 140 Å². The minimum absolute atomic E-state index is 0.0516. The van der Waals surface area contributed by atoms with Gasteiger partial charge in [-0.1, -0.05) is 99.7 Å². The number of aromatic hydroxyl groups is 3. The number of carbonyl (C=O) groups excluding carboxylic acids is 6. The van der Waals surface area contributed by atoms with Crippen molar-refractivity contribution in [2.75, 3.05) is 28.1 Å². The Balaban J connectivity index is 0.000000220. The van der Waals surface area contributed by atoms with Crippen LogP contribution in [0.4, 0.5) is 0 Å². The smallest absolute Gasteiger partial charge is 0.342 e. The Morgan fingerprint density at radius 1 is 0.451 bits per heavy atom. The van der Waals surface area contributed by atoms with Crippen LogP contribution in [-0.4, -0.2) is 160 Å². The predicted molar refractivity (Wildman–Crippen MR) is 375 cm³/mol. The Morgan fingerprint density at radius 3 is 1.30 bits per heavy atom. The minimum atomic E-state index is -1.59. The summed E-state index contributed by atoms with van der Waals surface area (Å²) < 4.78 is 62.0. The van der Waals surface area contributed by atoms with E-state index in [-0.39, 0.29) is 95.9 Å². The van der Waals surface area contributed by atoms with Crippen LogP contribution in [0.3, 0.4) is 0 Å². The fourth-order valence-corrected chi connectivity index (χ4v) is 10.5. The lowest BCUT2D eigenvalue weighted by Crippen LogP contribution is -2.32. The molecule has 0 amide bonds. The summed E-state index contributed by atoms with van der Waals surface area (Å²) >= 11 is 0. The molecule has 1 fully saturated rings. The highest BCUT2D eigenvalue weighted by Crippen LogP contribution is 2.37. The number of fused-ring (bicyclic) bond motifs is 4. The topological polar surface area (TPSA) is 346 Å². The third-order valence-electron chi connectivity index (χ3n) is 17.0. The first kappa shape index (κ1) is 79.4. The van der Waals surface area contributed by atoms with E-state index in [1.807, 2.05) is 49.4 Å². The van der Waals surface area contributed by atoms with Crippen LogP contribution in [0.1, 0.15) is 134 Å². The molecule has 12 atom stereocenters. The number of aliphatic hydroxyl groups excluding tert-OH is 4. The number of ether oxygens (including phenoxy) is 11. The maximum Gasteiger partial charge on any atom is 0.342 e. The van der Waals surface area contributed by atoms with Crippen molar-refractivity contribution in [3.05, 3.63) is 184 Å².